The maximum atomic E-state index is 10.6. The number of aliphatic hydroxyl groups excluding tert-OH is 1. The van der Waals surface area contributed by atoms with E-state index in [9.17, 15) is 9.90 Å². The van der Waals surface area contributed by atoms with Gasteiger partial charge in [-0.25, -0.2) is 4.98 Å². The molecule has 0 fully saturated rings. The number of aliphatic carboxylic acids is 1. The fourth-order valence-corrected chi connectivity index (χ4v) is 3.61. The molecular formula is C13H21NO4S2. The number of carbonyl (C=O) groups is 1. The van der Waals surface area contributed by atoms with Crippen LogP contribution in [0.1, 0.15) is 40.3 Å². The highest BCUT2D eigenvalue weighted by molar-refractivity contribution is 8.02. The van der Waals surface area contributed by atoms with E-state index >= 15 is 0 Å². The van der Waals surface area contributed by atoms with Crippen LogP contribution in [0.5, 0.6) is 0 Å². The van der Waals surface area contributed by atoms with E-state index in [-0.39, 0.29) is 6.42 Å². The predicted molar refractivity (Wildman–Crippen MR) is 80.2 cm³/mol. The summed E-state index contributed by atoms with van der Waals surface area (Å²) >= 11 is 2.76. The standard InChI is InChI=1S/C13H21NO4S2/c1-12(2,3)18-10(17)13(4,5)20-11-14-8(7-19-11)6-9(15)16/h7,10,17H,6H2,1-5H3,(H,15,16). The second-order valence-electron chi connectivity index (χ2n) is 5.96. The number of rotatable bonds is 6. The van der Waals surface area contributed by atoms with Gasteiger partial charge in [0.05, 0.1) is 22.5 Å². The summed E-state index contributed by atoms with van der Waals surface area (Å²) in [6, 6.07) is 0. The zero-order chi connectivity index (χ0) is 15.6. The molecule has 20 heavy (non-hydrogen) atoms. The lowest BCUT2D eigenvalue weighted by Gasteiger charge is -2.33. The van der Waals surface area contributed by atoms with Crippen LogP contribution in [-0.2, 0) is 16.0 Å². The van der Waals surface area contributed by atoms with Crippen LogP contribution < -0.4 is 0 Å². The molecule has 0 aliphatic heterocycles. The van der Waals surface area contributed by atoms with E-state index in [0.717, 1.165) is 4.34 Å². The smallest absolute Gasteiger partial charge is 0.309 e. The third-order valence-electron chi connectivity index (χ3n) is 2.27. The SMILES string of the molecule is CC(C)(C)OC(O)C(C)(C)Sc1nc(CC(=O)O)cs1. The van der Waals surface area contributed by atoms with Crippen LogP contribution in [0.15, 0.2) is 9.72 Å². The molecule has 0 spiro atoms. The maximum absolute atomic E-state index is 10.6. The Morgan fingerprint density at radius 3 is 2.55 bits per heavy atom. The molecule has 0 aliphatic rings. The van der Waals surface area contributed by atoms with Crippen LogP contribution >= 0.6 is 23.1 Å². The largest absolute Gasteiger partial charge is 0.481 e. The van der Waals surface area contributed by atoms with Crippen molar-refractivity contribution in [1.82, 2.24) is 4.98 Å². The summed E-state index contributed by atoms with van der Waals surface area (Å²) in [5.74, 6) is -0.901. The zero-order valence-electron chi connectivity index (χ0n) is 12.3. The first-order valence-corrected chi connectivity index (χ1v) is 7.90. The van der Waals surface area contributed by atoms with Crippen LogP contribution in [0.3, 0.4) is 0 Å². The number of thioether (sulfide) groups is 1. The van der Waals surface area contributed by atoms with Crippen molar-refractivity contribution >= 4 is 29.1 Å². The number of aliphatic hydroxyl groups is 1. The Morgan fingerprint density at radius 2 is 2.05 bits per heavy atom. The van der Waals surface area contributed by atoms with Gasteiger partial charge in [-0.3, -0.25) is 4.79 Å². The molecule has 114 valence electrons. The summed E-state index contributed by atoms with van der Waals surface area (Å²) in [6.45, 7) is 9.38. The van der Waals surface area contributed by atoms with Gasteiger partial charge in [0.2, 0.25) is 0 Å². The molecule has 0 aliphatic carbocycles. The minimum absolute atomic E-state index is 0.0848. The van der Waals surface area contributed by atoms with Gasteiger partial charge in [-0.2, -0.15) is 0 Å². The van der Waals surface area contributed by atoms with Crippen molar-refractivity contribution in [2.45, 2.75) is 62.0 Å². The highest BCUT2D eigenvalue weighted by atomic mass is 32.2. The lowest BCUT2D eigenvalue weighted by molar-refractivity contribution is -0.177. The fraction of sp³-hybridized carbons (Fsp3) is 0.692. The van der Waals surface area contributed by atoms with Crippen LogP contribution in [0, 0.1) is 0 Å². The Morgan fingerprint density at radius 1 is 1.45 bits per heavy atom. The lowest BCUT2D eigenvalue weighted by Crippen LogP contribution is -2.40. The van der Waals surface area contributed by atoms with E-state index in [2.05, 4.69) is 4.98 Å². The highest BCUT2D eigenvalue weighted by Crippen LogP contribution is 2.38. The third kappa shape index (κ3) is 5.78. The monoisotopic (exact) mass is 319 g/mol. The number of aromatic nitrogens is 1. The molecule has 0 saturated heterocycles. The van der Waals surface area contributed by atoms with Gasteiger partial charge in [0.25, 0.3) is 0 Å². The average molecular weight is 319 g/mol. The number of carboxylic acids is 1. The van der Waals surface area contributed by atoms with Crippen molar-refractivity contribution in [3.8, 4) is 0 Å². The first-order chi connectivity index (χ1) is 8.99. The van der Waals surface area contributed by atoms with E-state index in [4.69, 9.17) is 9.84 Å². The molecule has 0 amide bonds. The number of ether oxygens (including phenoxy) is 1. The first-order valence-electron chi connectivity index (χ1n) is 6.21. The number of thiazole rings is 1. The van der Waals surface area contributed by atoms with Crippen molar-refractivity contribution in [2.24, 2.45) is 0 Å². The van der Waals surface area contributed by atoms with Gasteiger partial charge in [-0.1, -0.05) is 11.8 Å². The van der Waals surface area contributed by atoms with Gasteiger partial charge >= 0.3 is 5.97 Å². The van der Waals surface area contributed by atoms with Gasteiger partial charge in [0.15, 0.2) is 10.6 Å². The molecule has 1 atom stereocenters. The molecular weight excluding hydrogens is 298 g/mol. The van der Waals surface area contributed by atoms with Crippen molar-refractivity contribution in [3.63, 3.8) is 0 Å². The van der Waals surface area contributed by atoms with Crippen LogP contribution in [0.25, 0.3) is 0 Å². The molecule has 1 aromatic rings. The molecule has 1 unspecified atom stereocenters. The Labute approximate surface area is 127 Å². The van der Waals surface area contributed by atoms with Crippen molar-refractivity contribution in [1.29, 1.82) is 0 Å². The molecule has 0 radical (unpaired) electrons. The summed E-state index contributed by atoms with van der Waals surface area (Å²) in [6.07, 6.45) is -1.03. The first kappa shape index (κ1) is 17.4. The van der Waals surface area contributed by atoms with Crippen molar-refractivity contribution in [2.75, 3.05) is 0 Å². The van der Waals surface area contributed by atoms with Crippen LogP contribution in [-0.4, -0.2) is 37.8 Å². The Balaban J connectivity index is 2.70. The Bertz CT molecular complexity index is 465. The van der Waals surface area contributed by atoms with Crippen molar-refractivity contribution in [3.05, 3.63) is 11.1 Å². The van der Waals surface area contributed by atoms with Gasteiger partial charge in [-0.15, -0.1) is 11.3 Å². The average Bonchev–Trinajstić information content (AvgIpc) is 2.60. The van der Waals surface area contributed by atoms with Crippen LogP contribution in [0.4, 0.5) is 0 Å². The number of hydrogen-bond donors (Lipinski definition) is 2. The summed E-state index contributed by atoms with van der Waals surface area (Å²) in [5, 5.41) is 20.6. The molecule has 0 saturated carbocycles. The summed E-state index contributed by atoms with van der Waals surface area (Å²) in [5.41, 5.74) is 0.0984. The number of carboxylic acid groups (broad SMARTS) is 1. The molecule has 7 heteroatoms. The van der Waals surface area contributed by atoms with E-state index in [1.165, 1.54) is 23.1 Å². The van der Waals surface area contributed by atoms with Gasteiger partial charge < -0.3 is 14.9 Å². The molecule has 1 aromatic heterocycles. The molecule has 1 rings (SSSR count). The normalized spacial score (nSPS) is 14.3. The Hall–Kier alpha value is -0.630. The molecule has 0 bridgehead atoms. The second kappa shape index (κ2) is 6.43. The highest BCUT2D eigenvalue weighted by Gasteiger charge is 2.34. The minimum Gasteiger partial charge on any atom is -0.481 e. The molecule has 0 aromatic carbocycles. The molecule has 2 N–H and O–H groups in total. The lowest BCUT2D eigenvalue weighted by atomic mass is 10.1. The van der Waals surface area contributed by atoms with Gasteiger partial charge in [-0.05, 0) is 34.6 Å². The quantitative estimate of drug-likeness (QED) is 0.620. The summed E-state index contributed by atoms with van der Waals surface area (Å²) in [7, 11) is 0. The molecule has 5 nitrogen and oxygen atoms in total. The van der Waals surface area contributed by atoms with Gasteiger partial charge in [0, 0.05) is 5.38 Å². The summed E-state index contributed by atoms with van der Waals surface area (Å²) in [4.78, 5) is 14.9. The number of nitrogens with zero attached hydrogens (tertiary/aromatic N) is 1. The fourth-order valence-electron chi connectivity index (χ4n) is 1.32. The van der Waals surface area contributed by atoms with Crippen molar-refractivity contribution < 1.29 is 19.7 Å². The summed E-state index contributed by atoms with van der Waals surface area (Å²) < 4.78 is 5.71. The van der Waals surface area contributed by atoms with E-state index in [0.29, 0.717) is 5.69 Å². The number of hydrogen-bond acceptors (Lipinski definition) is 6. The predicted octanol–water partition coefficient (Wildman–Crippen LogP) is 2.77. The third-order valence-corrected chi connectivity index (χ3v) is 4.49. The Kier molecular flexibility index (Phi) is 5.60. The second-order valence-corrected chi connectivity index (χ2v) is 8.72. The van der Waals surface area contributed by atoms with Gasteiger partial charge in [0.1, 0.15) is 0 Å². The van der Waals surface area contributed by atoms with E-state index in [1.54, 1.807) is 5.38 Å². The zero-order valence-corrected chi connectivity index (χ0v) is 14.0. The van der Waals surface area contributed by atoms with E-state index in [1.807, 2.05) is 34.6 Å². The maximum Gasteiger partial charge on any atom is 0.309 e. The van der Waals surface area contributed by atoms with Crippen LogP contribution in [0.2, 0.25) is 0 Å². The topological polar surface area (TPSA) is 79.7 Å². The molecule has 1 heterocycles. The minimum atomic E-state index is -0.945. The van der Waals surface area contributed by atoms with E-state index < -0.39 is 22.6 Å².